The van der Waals surface area contributed by atoms with E-state index in [1.54, 1.807) is 36.1 Å². The van der Waals surface area contributed by atoms with Crippen molar-refractivity contribution >= 4 is 21.6 Å². The minimum atomic E-state index is -3.41. The molecule has 1 fully saturated rings. The van der Waals surface area contributed by atoms with Gasteiger partial charge in [0, 0.05) is 13.1 Å². The second-order valence-corrected chi connectivity index (χ2v) is 7.20. The van der Waals surface area contributed by atoms with Crippen LogP contribution in [0.2, 0.25) is 0 Å². The zero-order chi connectivity index (χ0) is 15.5. The molecule has 0 saturated carbocycles. The highest BCUT2D eigenvalue weighted by Gasteiger charge is 2.27. The third kappa shape index (κ3) is 3.74. The van der Waals surface area contributed by atoms with E-state index in [1.165, 1.54) is 0 Å². The molecule has 0 aliphatic carbocycles. The number of likely N-dealkylation sites (tertiary alicyclic amines) is 1. The monoisotopic (exact) mass is 311 g/mol. The Morgan fingerprint density at radius 1 is 1.43 bits per heavy atom. The molecule has 0 bridgehead atoms. The number of hydrogen-bond acceptors (Lipinski definition) is 4. The van der Waals surface area contributed by atoms with E-state index >= 15 is 0 Å². The van der Waals surface area contributed by atoms with E-state index in [9.17, 15) is 13.2 Å². The van der Waals surface area contributed by atoms with E-state index in [1.807, 2.05) is 0 Å². The van der Waals surface area contributed by atoms with E-state index in [4.69, 9.17) is 5.73 Å². The largest absolute Gasteiger partial charge is 0.338 e. The van der Waals surface area contributed by atoms with Gasteiger partial charge in [0.15, 0.2) is 0 Å². The van der Waals surface area contributed by atoms with E-state index in [2.05, 4.69) is 4.72 Å². The molecule has 7 heteroatoms. The van der Waals surface area contributed by atoms with Gasteiger partial charge < -0.3 is 10.6 Å². The molecule has 116 valence electrons. The molecule has 0 spiro atoms. The molecule has 1 aromatic carbocycles. The molecule has 1 unspecified atom stereocenters. The van der Waals surface area contributed by atoms with Gasteiger partial charge in [-0.05, 0) is 37.9 Å². The number of rotatable bonds is 5. The number of benzene rings is 1. The first-order valence-corrected chi connectivity index (χ1v) is 8.71. The number of nitrogens with one attached hydrogen (secondary N) is 1. The molecule has 0 aromatic heterocycles. The highest BCUT2D eigenvalue weighted by Crippen LogP contribution is 2.23. The minimum Gasteiger partial charge on any atom is -0.338 e. The third-order valence-electron chi connectivity index (χ3n) is 3.71. The Hall–Kier alpha value is -1.60. The highest BCUT2D eigenvalue weighted by molar-refractivity contribution is 7.92. The average molecular weight is 311 g/mol. The van der Waals surface area contributed by atoms with Crippen LogP contribution in [-0.2, 0) is 10.0 Å². The number of hydrogen-bond donors (Lipinski definition) is 2. The Morgan fingerprint density at radius 3 is 2.76 bits per heavy atom. The number of para-hydroxylation sites is 1. The quantitative estimate of drug-likeness (QED) is 0.844. The summed E-state index contributed by atoms with van der Waals surface area (Å²) in [5.74, 6) is 0.142. The molecular formula is C14H21N3O3S. The average Bonchev–Trinajstić information content (AvgIpc) is 2.96. The molecule has 6 nitrogen and oxygen atoms in total. The molecule has 1 saturated heterocycles. The SMILES string of the molecule is CCS(=O)(=O)Nc1ccccc1C(=O)N1CCC(CN)C1. The zero-order valence-electron chi connectivity index (χ0n) is 12.1. The predicted octanol–water partition coefficient (Wildman–Crippen LogP) is 0.869. The molecule has 1 aromatic rings. The van der Waals surface area contributed by atoms with Crippen LogP contribution in [0.25, 0.3) is 0 Å². The molecule has 2 rings (SSSR count). The number of carbonyl (C=O) groups is 1. The highest BCUT2D eigenvalue weighted by atomic mass is 32.2. The summed E-state index contributed by atoms with van der Waals surface area (Å²) >= 11 is 0. The maximum Gasteiger partial charge on any atom is 0.255 e. The first-order valence-electron chi connectivity index (χ1n) is 7.05. The van der Waals surface area contributed by atoms with Crippen molar-refractivity contribution in [2.24, 2.45) is 11.7 Å². The number of nitrogens with two attached hydrogens (primary N) is 1. The third-order valence-corrected chi connectivity index (χ3v) is 5.00. The summed E-state index contributed by atoms with van der Waals surface area (Å²) < 4.78 is 25.9. The van der Waals surface area contributed by atoms with Crippen LogP contribution in [0.1, 0.15) is 23.7 Å². The number of nitrogens with zero attached hydrogens (tertiary/aromatic N) is 1. The van der Waals surface area contributed by atoms with Gasteiger partial charge in [-0.25, -0.2) is 8.42 Å². The van der Waals surface area contributed by atoms with Crippen molar-refractivity contribution in [2.75, 3.05) is 30.1 Å². The van der Waals surface area contributed by atoms with Gasteiger partial charge in [0.1, 0.15) is 0 Å². The lowest BCUT2D eigenvalue weighted by Gasteiger charge is -2.19. The minimum absolute atomic E-state index is 0.0332. The van der Waals surface area contributed by atoms with Crippen molar-refractivity contribution in [1.29, 1.82) is 0 Å². The molecular weight excluding hydrogens is 290 g/mol. The first-order chi connectivity index (χ1) is 9.96. The molecule has 1 atom stereocenters. The van der Waals surface area contributed by atoms with Crippen molar-refractivity contribution in [3.8, 4) is 0 Å². The van der Waals surface area contributed by atoms with E-state index in [-0.39, 0.29) is 11.7 Å². The van der Waals surface area contributed by atoms with Crippen LogP contribution in [0.15, 0.2) is 24.3 Å². The molecule has 1 aliphatic heterocycles. The molecule has 1 amide bonds. The predicted molar refractivity (Wildman–Crippen MR) is 82.6 cm³/mol. The summed E-state index contributed by atoms with van der Waals surface area (Å²) in [6.45, 7) is 3.41. The standard InChI is InChI=1S/C14H21N3O3S/c1-2-21(19,20)16-13-6-4-3-5-12(13)14(18)17-8-7-11(9-15)10-17/h3-6,11,16H,2,7-10,15H2,1H3. The van der Waals surface area contributed by atoms with E-state index < -0.39 is 10.0 Å². The Bertz CT molecular complexity index is 616. The lowest BCUT2D eigenvalue weighted by Crippen LogP contribution is -2.30. The Labute approximate surface area is 125 Å². The van der Waals surface area contributed by atoms with E-state index in [0.29, 0.717) is 36.8 Å². The fraction of sp³-hybridized carbons (Fsp3) is 0.500. The second kappa shape index (κ2) is 6.44. The molecule has 1 aliphatic rings. The van der Waals surface area contributed by atoms with Gasteiger partial charge in [-0.2, -0.15) is 0 Å². The smallest absolute Gasteiger partial charge is 0.255 e. The molecule has 1 heterocycles. The number of anilines is 1. The summed E-state index contributed by atoms with van der Waals surface area (Å²) in [6.07, 6.45) is 0.894. The van der Waals surface area contributed by atoms with Crippen molar-refractivity contribution < 1.29 is 13.2 Å². The van der Waals surface area contributed by atoms with Crippen molar-refractivity contribution in [3.63, 3.8) is 0 Å². The summed E-state index contributed by atoms with van der Waals surface area (Å²) in [6, 6.07) is 6.69. The summed E-state index contributed by atoms with van der Waals surface area (Å²) in [5, 5.41) is 0. The van der Waals surface area contributed by atoms with Crippen LogP contribution in [-0.4, -0.2) is 44.6 Å². The van der Waals surface area contributed by atoms with Crippen LogP contribution < -0.4 is 10.5 Å². The number of amides is 1. The summed E-state index contributed by atoms with van der Waals surface area (Å²) in [5.41, 5.74) is 6.35. The topological polar surface area (TPSA) is 92.5 Å². The number of carbonyl (C=O) groups excluding carboxylic acids is 1. The fourth-order valence-corrected chi connectivity index (χ4v) is 3.04. The van der Waals surface area contributed by atoms with Crippen LogP contribution in [0.3, 0.4) is 0 Å². The van der Waals surface area contributed by atoms with Crippen molar-refractivity contribution in [2.45, 2.75) is 13.3 Å². The zero-order valence-corrected chi connectivity index (χ0v) is 12.9. The van der Waals surface area contributed by atoms with Gasteiger partial charge in [-0.15, -0.1) is 0 Å². The van der Waals surface area contributed by atoms with E-state index in [0.717, 1.165) is 6.42 Å². The van der Waals surface area contributed by atoms with Crippen molar-refractivity contribution in [1.82, 2.24) is 4.90 Å². The van der Waals surface area contributed by atoms with Gasteiger partial charge in [-0.1, -0.05) is 12.1 Å². The number of sulfonamides is 1. The maximum absolute atomic E-state index is 12.6. The van der Waals surface area contributed by atoms with Gasteiger partial charge in [0.25, 0.3) is 5.91 Å². The summed E-state index contributed by atoms with van der Waals surface area (Å²) in [4.78, 5) is 14.3. The van der Waals surface area contributed by atoms with Gasteiger partial charge in [0.2, 0.25) is 10.0 Å². The van der Waals surface area contributed by atoms with Crippen LogP contribution in [0, 0.1) is 5.92 Å². The second-order valence-electron chi connectivity index (χ2n) is 5.19. The van der Waals surface area contributed by atoms with Crippen LogP contribution in [0.4, 0.5) is 5.69 Å². The summed E-state index contributed by atoms with van der Waals surface area (Å²) in [7, 11) is -3.41. The normalized spacial score (nSPS) is 18.8. The molecule has 21 heavy (non-hydrogen) atoms. The lowest BCUT2D eigenvalue weighted by atomic mass is 10.1. The fourth-order valence-electron chi connectivity index (χ4n) is 2.38. The van der Waals surface area contributed by atoms with Gasteiger partial charge in [0.05, 0.1) is 17.0 Å². The maximum atomic E-state index is 12.6. The Morgan fingerprint density at radius 2 is 2.14 bits per heavy atom. The van der Waals surface area contributed by atoms with Gasteiger partial charge in [-0.3, -0.25) is 9.52 Å². The first kappa shape index (κ1) is 15.8. The Kier molecular flexibility index (Phi) is 4.84. The Balaban J connectivity index is 2.22. The van der Waals surface area contributed by atoms with Crippen LogP contribution in [0.5, 0.6) is 0 Å². The lowest BCUT2D eigenvalue weighted by molar-refractivity contribution is 0.0788. The van der Waals surface area contributed by atoms with Crippen LogP contribution >= 0.6 is 0 Å². The molecule has 3 N–H and O–H groups in total. The van der Waals surface area contributed by atoms with Gasteiger partial charge >= 0.3 is 0 Å². The van der Waals surface area contributed by atoms with Crippen molar-refractivity contribution in [3.05, 3.63) is 29.8 Å². The molecule has 0 radical (unpaired) electrons.